The van der Waals surface area contributed by atoms with E-state index in [-0.39, 0.29) is 12.2 Å². The van der Waals surface area contributed by atoms with E-state index in [1.165, 1.54) is 23.5 Å². The number of thiophene rings is 1. The van der Waals surface area contributed by atoms with E-state index in [0.717, 1.165) is 0 Å². The summed E-state index contributed by atoms with van der Waals surface area (Å²) in [5.41, 5.74) is 0.814. The summed E-state index contributed by atoms with van der Waals surface area (Å²) in [6, 6.07) is 6.49. The molecule has 2 unspecified atom stereocenters. The predicted molar refractivity (Wildman–Crippen MR) is 80.1 cm³/mol. The second-order valence-corrected chi connectivity index (χ2v) is 6.53. The lowest BCUT2D eigenvalue weighted by molar-refractivity contribution is -0.217. The molecular weight excluding hydrogens is 353 g/mol. The van der Waals surface area contributed by atoms with Crippen LogP contribution in [0.5, 0.6) is 5.75 Å². The van der Waals surface area contributed by atoms with Gasteiger partial charge < -0.3 is 9.84 Å². The summed E-state index contributed by atoms with van der Waals surface area (Å²) in [6.45, 7) is 0. The Balaban J connectivity index is 2.14. The van der Waals surface area contributed by atoms with E-state index in [0.29, 0.717) is 21.0 Å². The Morgan fingerprint density at radius 2 is 2.13 bits per heavy atom. The first-order valence-electron chi connectivity index (χ1n) is 6.60. The second-order valence-electron chi connectivity index (χ2n) is 5.15. The van der Waals surface area contributed by atoms with E-state index in [4.69, 9.17) is 21.4 Å². The minimum absolute atomic E-state index is 0.0525. The SMILES string of the molecule is O=C(O)C1Cc2cc(Cl)cc(-c3cccs3)c2OC1C(F)(F)F. The van der Waals surface area contributed by atoms with Crippen LogP contribution < -0.4 is 4.74 Å². The largest absolute Gasteiger partial charge is 0.481 e. The fourth-order valence-corrected chi connectivity index (χ4v) is 3.60. The Bertz CT molecular complexity index is 743. The number of hydrogen-bond acceptors (Lipinski definition) is 3. The summed E-state index contributed by atoms with van der Waals surface area (Å²) in [5, 5.41) is 11.2. The number of hydrogen-bond donors (Lipinski definition) is 1. The number of fused-ring (bicyclic) bond motifs is 1. The van der Waals surface area contributed by atoms with Gasteiger partial charge in [-0.15, -0.1) is 11.3 Å². The smallest absolute Gasteiger partial charge is 0.426 e. The molecular formula is C15H10ClF3O3S. The number of alkyl halides is 3. The van der Waals surface area contributed by atoms with Crippen LogP contribution in [0.2, 0.25) is 5.02 Å². The minimum Gasteiger partial charge on any atom is -0.481 e. The zero-order valence-electron chi connectivity index (χ0n) is 11.4. The van der Waals surface area contributed by atoms with Crippen molar-refractivity contribution in [2.75, 3.05) is 0 Å². The molecule has 2 aromatic rings. The topological polar surface area (TPSA) is 46.5 Å². The molecule has 122 valence electrons. The standard InChI is InChI=1S/C15H10ClF3O3S/c16-8-4-7-5-10(14(20)21)13(15(17,18)19)22-12(7)9(6-8)11-2-1-3-23-11/h1-4,6,10,13H,5H2,(H,20,21). The molecule has 1 aromatic heterocycles. The van der Waals surface area contributed by atoms with E-state index in [2.05, 4.69) is 0 Å². The Kier molecular flexibility index (Phi) is 4.01. The average molecular weight is 363 g/mol. The maximum Gasteiger partial charge on any atom is 0.426 e. The lowest BCUT2D eigenvalue weighted by atomic mass is 9.89. The van der Waals surface area contributed by atoms with Gasteiger partial charge in [0.1, 0.15) is 11.7 Å². The van der Waals surface area contributed by atoms with Crippen LogP contribution >= 0.6 is 22.9 Å². The van der Waals surface area contributed by atoms with Crippen molar-refractivity contribution in [1.82, 2.24) is 0 Å². The van der Waals surface area contributed by atoms with Crippen molar-refractivity contribution >= 4 is 28.9 Å². The van der Waals surface area contributed by atoms with Gasteiger partial charge in [-0.3, -0.25) is 4.79 Å². The number of halogens is 4. The molecule has 0 bridgehead atoms. The number of carbonyl (C=O) groups is 1. The third-order valence-electron chi connectivity index (χ3n) is 3.61. The Labute approximate surface area is 138 Å². The summed E-state index contributed by atoms with van der Waals surface area (Å²) in [4.78, 5) is 11.9. The molecule has 1 aliphatic rings. The summed E-state index contributed by atoms with van der Waals surface area (Å²) in [5.74, 6) is -3.19. The highest BCUT2D eigenvalue weighted by molar-refractivity contribution is 7.13. The molecule has 0 saturated carbocycles. The third kappa shape index (κ3) is 3.03. The fourth-order valence-electron chi connectivity index (χ4n) is 2.62. The van der Waals surface area contributed by atoms with Crippen molar-refractivity contribution in [3.8, 4) is 16.2 Å². The van der Waals surface area contributed by atoms with Gasteiger partial charge >= 0.3 is 12.1 Å². The summed E-state index contributed by atoms with van der Waals surface area (Å²) >= 11 is 7.37. The van der Waals surface area contributed by atoms with Crippen LogP contribution in [0, 0.1) is 5.92 Å². The van der Waals surface area contributed by atoms with Gasteiger partial charge in [-0.25, -0.2) is 0 Å². The van der Waals surface area contributed by atoms with E-state index < -0.39 is 24.2 Å². The summed E-state index contributed by atoms with van der Waals surface area (Å²) in [6.07, 6.45) is -7.44. The molecule has 2 heterocycles. The van der Waals surface area contributed by atoms with Gasteiger partial charge in [0.2, 0.25) is 6.10 Å². The molecule has 2 atom stereocenters. The number of aliphatic carboxylic acids is 1. The molecule has 23 heavy (non-hydrogen) atoms. The summed E-state index contributed by atoms with van der Waals surface area (Å²) in [7, 11) is 0. The predicted octanol–water partition coefficient (Wildman–Crippen LogP) is 4.64. The molecule has 8 heteroatoms. The van der Waals surface area contributed by atoms with Crippen LogP contribution in [0.25, 0.3) is 10.4 Å². The van der Waals surface area contributed by atoms with Crippen molar-refractivity contribution in [1.29, 1.82) is 0 Å². The molecule has 0 aliphatic carbocycles. The quantitative estimate of drug-likeness (QED) is 0.847. The number of ether oxygens (including phenoxy) is 1. The molecule has 0 saturated heterocycles. The average Bonchev–Trinajstić information content (AvgIpc) is 2.97. The van der Waals surface area contributed by atoms with Crippen LogP contribution in [0.3, 0.4) is 0 Å². The number of rotatable bonds is 2. The van der Waals surface area contributed by atoms with Gasteiger partial charge in [0.05, 0.1) is 0 Å². The molecule has 0 radical (unpaired) electrons. The van der Waals surface area contributed by atoms with Crippen molar-refractivity contribution in [2.45, 2.75) is 18.7 Å². The maximum atomic E-state index is 13.2. The highest BCUT2D eigenvalue weighted by atomic mass is 35.5. The first kappa shape index (κ1) is 16.1. The fraction of sp³-hybridized carbons (Fsp3) is 0.267. The van der Waals surface area contributed by atoms with Crippen LogP contribution in [0.4, 0.5) is 13.2 Å². The van der Waals surface area contributed by atoms with Gasteiger partial charge in [-0.2, -0.15) is 13.2 Å². The van der Waals surface area contributed by atoms with Gasteiger partial charge in [0.15, 0.2) is 0 Å². The molecule has 1 aliphatic heterocycles. The highest BCUT2D eigenvalue weighted by Crippen LogP contribution is 2.45. The first-order valence-corrected chi connectivity index (χ1v) is 7.85. The number of benzene rings is 1. The van der Waals surface area contributed by atoms with Crippen LogP contribution in [0.1, 0.15) is 5.56 Å². The zero-order chi connectivity index (χ0) is 16.8. The Hall–Kier alpha value is -1.73. The second kappa shape index (κ2) is 5.72. The van der Waals surface area contributed by atoms with E-state index in [1.54, 1.807) is 17.5 Å². The van der Waals surface area contributed by atoms with E-state index in [9.17, 15) is 18.0 Å². The Morgan fingerprint density at radius 1 is 1.39 bits per heavy atom. The first-order chi connectivity index (χ1) is 10.8. The van der Waals surface area contributed by atoms with Gasteiger partial charge in [0.25, 0.3) is 0 Å². The van der Waals surface area contributed by atoms with Crippen molar-refractivity contribution < 1.29 is 27.8 Å². The molecule has 0 spiro atoms. The summed E-state index contributed by atoms with van der Waals surface area (Å²) < 4.78 is 44.7. The van der Waals surface area contributed by atoms with Crippen LogP contribution in [-0.2, 0) is 11.2 Å². The van der Waals surface area contributed by atoms with Crippen LogP contribution in [-0.4, -0.2) is 23.4 Å². The lowest BCUT2D eigenvalue weighted by Gasteiger charge is -2.33. The van der Waals surface area contributed by atoms with Crippen molar-refractivity contribution in [2.24, 2.45) is 5.92 Å². The molecule has 1 N–H and O–H groups in total. The van der Waals surface area contributed by atoms with Gasteiger partial charge in [0, 0.05) is 15.5 Å². The van der Waals surface area contributed by atoms with Crippen molar-refractivity contribution in [3.05, 3.63) is 40.2 Å². The lowest BCUT2D eigenvalue weighted by Crippen LogP contribution is -2.47. The molecule has 3 nitrogen and oxygen atoms in total. The molecule has 3 rings (SSSR count). The van der Waals surface area contributed by atoms with Crippen LogP contribution in [0.15, 0.2) is 29.6 Å². The van der Waals surface area contributed by atoms with E-state index in [1.807, 2.05) is 0 Å². The van der Waals surface area contributed by atoms with E-state index >= 15 is 0 Å². The van der Waals surface area contributed by atoms with Gasteiger partial charge in [-0.1, -0.05) is 17.7 Å². The maximum absolute atomic E-state index is 13.2. The molecule has 0 fully saturated rings. The number of carboxylic acid groups (broad SMARTS) is 1. The zero-order valence-corrected chi connectivity index (χ0v) is 13.0. The van der Waals surface area contributed by atoms with Crippen molar-refractivity contribution in [3.63, 3.8) is 0 Å². The normalized spacial score (nSPS) is 20.7. The third-order valence-corrected chi connectivity index (χ3v) is 4.73. The monoisotopic (exact) mass is 362 g/mol. The number of carboxylic acids is 1. The highest BCUT2D eigenvalue weighted by Gasteiger charge is 2.52. The molecule has 0 amide bonds. The Morgan fingerprint density at radius 3 is 2.70 bits per heavy atom. The minimum atomic E-state index is -4.77. The molecule has 1 aromatic carbocycles. The van der Waals surface area contributed by atoms with Gasteiger partial charge in [-0.05, 0) is 35.6 Å².